The summed E-state index contributed by atoms with van der Waals surface area (Å²) in [6.07, 6.45) is 3.39. The molecule has 0 aromatic heterocycles. The average Bonchev–Trinajstić information content (AvgIpc) is 1.80. The summed E-state index contributed by atoms with van der Waals surface area (Å²) in [5.41, 5.74) is 11.5. The maximum atomic E-state index is 5.79. The predicted octanol–water partition coefficient (Wildman–Crippen LogP) is 0.461. The Labute approximate surface area is 56.6 Å². The molecule has 2 heteroatoms. The van der Waals surface area contributed by atoms with Gasteiger partial charge in [0.15, 0.2) is 0 Å². The molecule has 0 unspecified atom stereocenters. The highest BCUT2D eigenvalue weighted by Crippen LogP contribution is 2.20. The Bertz CT molecular complexity index is 92.9. The fourth-order valence-electron chi connectivity index (χ4n) is 1.39. The lowest BCUT2D eigenvalue weighted by Gasteiger charge is -2.29. The van der Waals surface area contributed by atoms with E-state index in [1.54, 1.807) is 0 Å². The van der Waals surface area contributed by atoms with E-state index in [2.05, 4.69) is 6.92 Å². The maximum Gasteiger partial charge on any atom is 0.00792 e. The van der Waals surface area contributed by atoms with Crippen LogP contribution in [0.2, 0.25) is 0 Å². The smallest absolute Gasteiger partial charge is 0.00792 e. The minimum absolute atomic E-state index is 0.355. The molecule has 0 amide bonds. The topological polar surface area (TPSA) is 52.0 Å². The lowest BCUT2D eigenvalue weighted by Crippen LogP contribution is -2.40. The Hall–Kier alpha value is -0.0800. The number of rotatable bonds is 0. The first kappa shape index (κ1) is 7.03. The Balaban J connectivity index is 2.35. The third-order valence-corrected chi connectivity index (χ3v) is 2.30. The lowest BCUT2D eigenvalue weighted by atomic mass is 9.84. The molecule has 0 aliphatic heterocycles. The van der Waals surface area contributed by atoms with Crippen LogP contribution in [0.4, 0.5) is 0 Å². The summed E-state index contributed by atoms with van der Waals surface area (Å²) in [7, 11) is 0. The van der Waals surface area contributed by atoms with Gasteiger partial charge in [0.25, 0.3) is 0 Å². The molecule has 1 fully saturated rings. The van der Waals surface area contributed by atoms with E-state index in [9.17, 15) is 0 Å². The second-order valence-corrected chi connectivity index (χ2v) is 3.21. The van der Waals surface area contributed by atoms with Crippen LogP contribution < -0.4 is 11.5 Å². The quantitative estimate of drug-likeness (QED) is 0.498. The SMILES string of the molecule is C[C@@H]1CC[C@H](N)C[C@@H]1N. The summed E-state index contributed by atoms with van der Waals surface area (Å²) in [6, 6.07) is 0.727. The first-order valence-corrected chi connectivity index (χ1v) is 3.71. The zero-order valence-corrected chi connectivity index (χ0v) is 6.01. The zero-order valence-electron chi connectivity index (χ0n) is 6.01. The van der Waals surface area contributed by atoms with E-state index in [1.807, 2.05) is 0 Å². The molecule has 1 saturated carbocycles. The molecule has 9 heavy (non-hydrogen) atoms. The first-order chi connectivity index (χ1) is 4.20. The van der Waals surface area contributed by atoms with Crippen molar-refractivity contribution in [2.75, 3.05) is 0 Å². The monoisotopic (exact) mass is 128 g/mol. The fraction of sp³-hybridized carbons (Fsp3) is 1.00. The van der Waals surface area contributed by atoms with E-state index in [4.69, 9.17) is 11.5 Å². The average molecular weight is 128 g/mol. The van der Waals surface area contributed by atoms with Crippen molar-refractivity contribution in [2.24, 2.45) is 17.4 Å². The maximum absolute atomic E-state index is 5.79. The van der Waals surface area contributed by atoms with Crippen LogP contribution in [0, 0.1) is 5.92 Å². The molecule has 0 radical (unpaired) electrons. The van der Waals surface area contributed by atoms with Crippen LogP contribution in [0.3, 0.4) is 0 Å². The normalized spacial score (nSPS) is 45.0. The molecular formula is C7H16N2. The molecule has 1 rings (SSSR count). The van der Waals surface area contributed by atoms with Gasteiger partial charge >= 0.3 is 0 Å². The molecule has 1 aliphatic carbocycles. The molecule has 0 spiro atoms. The lowest BCUT2D eigenvalue weighted by molar-refractivity contribution is 0.301. The van der Waals surface area contributed by atoms with Crippen molar-refractivity contribution in [3.05, 3.63) is 0 Å². The van der Waals surface area contributed by atoms with Gasteiger partial charge in [-0.3, -0.25) is 0 Å². The van der Waals surface area contributed by atoms with E-state index >= 15 is 0 Å². The highest BCUT2D eigenvalue weighted by molar-refractivity contribution is 4.81. The van der Waals surface area contributed by atoms with Gasteiger partial charge in [-0.15, -0.1) is 0 Å². The predicted molar refractivity (Wildman–Crippen MR) is 39.0 cm³/mol. The van der Waals surface area contributed by atoms with Gasteiger partial charge in [0.2, 0.25) is 0 Å². The van der Waals surface area contributed by atoms with E-state index in [-0.39, 0.29) is 0 Å². The summed E-state index contributed by atoms with van der Waals surface area (Å²) in [5.74, 6) is 0.685. The van der Waals surface area contributed by atoms with Crippen LogP contribution in [0.25, 0.3) is 0 Å². The molecular weight excluding hydrogens is 112 g/mol. The van der Waals surface area contributed by atoms with Gasteiger partial charge in [-0.05, 0) is 25.2 Å². The summed E-state index contributed by atoms with van der Waals surface area (Å²) in [4.78, 5) is 0. The Morgan fingerprint density at radius 2 is 1.89 bits per heavy atom. The molecule has 1 aliphatic rings. The van der Waals surface area contributed by atoms with E-state index < -0.39 is 0 Å². The highest BCUT2D eigenvalue weighted by atomic mass is 14.7. The molecule has 0 bridgehead atoms. The Kier molecular flexibility index (Phi) is 2.09. The second kappa shape index (κ2) is 2.67. The van der Waals surface area contributed by atoms with Gasteiger partial charge in [0.05, 0.1) is 0 Å². The van der Waals surface area contributed by atoms with Crippen molar-refractivity contribution >= 4 is 0 Å². The van der Waals surface area contributed by atoms with Crippen molar-refractivity contribution in [3.8, 4) is 0 Å². The van der Waals surface area contributed by atoms with Gasteiger partial charge in [-0.2, -0.15) is 0 Å². The van der Waals surface area contributed by atoms with Gasteiger partial charge in [0.1, 0.15) is 0 Å². The van der Waals surface area contributed by atoms with Crippen LogP contribution in [0.1, 0.15) is 26.2 Å². The van der Waals surface area contributed by atoms with Crippen molar-refractivity contribution < 1.29 is 0 Å². The fourth-order valence-corrected chi connectivity index (χ4v) is 1.39. The van der Waals surface area contributed by atoms with Crippen LogP contribution in [0.15, 0.2) is 0 Å². The molecule has 0 saturated heterocycles. The third kappa shape index (κ3) is 1.66. The van der Waals surface area contributed by atoms with Gasteiger partial charge < -0.3 is 11.5 Å². The summed E-state index contributed by atoms with van der Waals surface area (Å²) in [5, 5.41) is 0. The van der Waals surface area contributed by atoms with Crippen molar-refractivity contribution in [2.45, 2.75) is 38.3 Å². The summed E-state index contributed by atoms with van der Waals surface area (Å²) in [6.45, 7) is 2.20. The van der Waals surface area contributed by atoms with Gasteiger partial charge in [-0.1, -0.05) is 6.92 Å². The number of nitrogens with two attached hydrogens (primary N) is 2. The molecule has 3 atom stereocenters. The van der Waals surface area contributed by atoms with Crippen LogP contribution in [-0.2, 0) is 0 Å². The zero-order chi connectivity index (χ0) is 6.85. The minimum Gasteiger partial charge on any atom is -0.328 e. The molecule has 0 aromatic carbocycles. The largest absolute Gasteiger partial charge is 0.328 e. The molecule has 2 nitrogen and oxygen atoms in total. The number of hydrogen-bond donors (Lipinski definition) is 2. The van der Waals surface area contributed by atoms with E-state index in [1.165, 1.54) is 6.42 Å². The summed E-state index contributed by atoms with van der Waals surface area (Å²) >= 11 is 0. The minimum atomic E-state index is 0.355. The number of hydrogen-bond acceptors (Lipinski definition) is 2. The highest BCUT2D eigenvalue weighted by Gasteiger charge is 2.21. The Morgan fingerprint density at radius 1 is 1.22 bits per heavy atom. The van der Waals surface area contributed by atoms with Crippen molar-refractivity contribution in [1.29, 1.82) is 0 Å². The van der Waals surface area contributed by atoms with E-state index in [0.717, 1.165) is 12.8 Å². The van der Waals surface area contributed by atoms with Crippen LogP contribution in [-0.4, -0.2) is 12.1 Å². The molecule has 4 N–H and O–H groups in total. The van der Waals surface area contributed by atoms with Gasteiger partial charge in [0, 0.05) is 12.1 Å². The van der Waals surface area contributed by atoms with Crippen molar-refractivity contribution in [3.63, 3.8) is 0 Å². The van der Waals surface area contributed by atoms with Crippen molar-refractivity contribution in [1.82, 2.24) is 0 Å². The molecule has 0 heterocycles. The summed E-state index contributed by atoms with van der Waals surface area (Å²) < 4.78 is 0. The van der Waals surface area contributed by atoms with Crippen LogP contribution in [0.5, 0.6) is 0 Å². The van der Waals surface area contributed by atoms with Gasteiger partial charge in [-0.25, -0.2) is 0 Å². The first-order valence-electron chi connectivity index (χ1n) is 3.71. The third-order valence-electron chi connectivity index (χ3n) is 2.30. The molecule has 54 valence electrons. The second-order valence-electron chi connectivity index (χ2n) is 3.21. The standard InChI is InChI=1S/C7H16N2/c1-5-2-3-6(8)4-7(5)9/h5-7H,2-4,8-9H2,1H3/t5-,6+,7+/m1/s1. The van der Waals surface area contributed by atoms with Crippen LogP contribution >= 0.6 is 0 Å². The molecule has 0 aromatic rings. The van der Waals surface area contributed by atoms with E-state index in [0.29, 0.717) is 18.0 Å². The Morgan fingerprint density at radius 3 is 2.33 bits per heavy atom.